The monoisotopic (exact) mass is 406 g/mol. The van der Waals surface area contributed by atoms with Gasteiger partial charge in [0.1, 0.15) is 11.6 Å². The zero-order chi connectivity index (χ0) is 21.3. The summed E-state index contributed by atoms with van der Waals surface area (Å²) in [5.41, 5.74) is 1.82. The summed E-state index contributed by atoms with van der Waals surface area (Å²) in [6.45, 7) is 11.2. The van der Waals surface area contributed by atoms with Crippen LogP contribution in [0.25, 0.3) is 16.7 Å². The maximum Gasteiger partial charge on any atom is 0.225 e. The molecule has 0 aliphatic carbocycles. The van der Waals surface area contributed by atoms with E-state index in [2.05, 4.69) is 23.8 Å². The molecular formula is C23H30N6O. The molecule has 1 aromatic carbocycles. The smallest absolute Gasteiger partial charge is 0.225 e. The first kappa shape index (κ1) is 20.3. The van der Waals surface area contributed by atoms with E-state index < -0.39 is 0 Å². The molecule has 3 aromatic rings. The third kappa shape index (κ3) is 3.76. The molecule has 158 valence electrons. The number of amides is 1. The highest BCUT2D eigenvalue weighted by Crippen LogP contribution is 2.29. The molecule has 1 saturated heterocycles. The summed E-state index contributed by atoms with van der Waals surface area (Å²) in [4.78, 5) is 26.5. The van der Waals surface area contributed by atoms with Crippen molar-refractivity contribution < 1.29 is 4.79 Å². The molecule has 30 heavy (non-hydrogen) atoms. The lowest BCUT2D eigenvalue weighted by Crippen LogP contribution is -2.50. The summed E-state index contributed by atoms with van der Waals surface area (Å²) in [6.07, 6.45) is 2.84. The average molecular weight is 407 g/mol. The fourth-order valence-corrected chi connectivity index (χ4v) is 3.82. The van der Waals surface area contributed by atoms with Gasteiger partial charge in [0, 0.05) is 38.0 Å². The molecular weight excluding hydrogens is 376 g/mol. The first-order valence-electron chi connectivity index (χ1n) is 10.8. The van der Waals surface area contributed by atoms with Crippen LogP contribution in [-0.4, -0.2) is 56.7 Å². The number of nitrogens with zero attached hydrogens (tertiary/aromatic N) is 6. The fourth-order valence-electron chi connectivity index (χ4n) is 3.82. The number of carbonyl (C=O) groups excluding carboxylic acids is 1. The van der Waals surface area contributed by atoms with Crippen LogP contribution < -0.4 is 4.90 Å². The van der Waals surface area contributed by atoms with Gasteiger partial charge in [0.05, 0.1) is 17.3 Å². The van der Waals surface area contributed by atoms with Gasteiger partial charge in [-0.05, 0) is 18.6 Å². The Balaban J connectivity index is 1.73. The number of rotatable bonds is 5. The Kier molecular flexibility index (Phi) is 5.70. The first-order chi connectivity index (χ1) is 14.5. The molecule has 1 aliphatic heterocycles. The highest BCUT2D eigenvalue weighted by Gasteiger charge is 2.26. The molecule has 1 aliphatic rings. The van der Waals surface area contributed by atoms with E-state index in [1.165, 1.54) is 0 Å². The van der Waals surface area contributed by atoms with Crippen molar-refractivity contribution in [3.8, 4) is 5.69 Å². The summed E-state index contributed by atoms with van der Waals surface area (Å²) in [5.74, 6) is 2.28. The molecule has 0 radical (unpaired) electrons. The van der Waals surface area contributed by atoms with Crippen LogP contribution in [0.5, 0.6) is 0 Å². The Morgan fingerprint density at radius 2 is 1.73 bits per heavy atom. The number of anilines is 1. The quantitative estimate of drug-likeness (QED) is 0.647. The largest absolute Gasteiger partial charge is 0.352 e. The van der Waals surface area contributed by atoms with Gasteiger partial charge in [-0.1, -0.05) is 45.9 Å². The minimum Gasteiger partial charge on any atom is -0.352 e. The molecule has 1 fully saturated rings. The van der Waals surface area contributed by atoms with E-state index in [0.29, 0.717) is 13.1 Å². The highest BCUT2D eigenvalue weighted by atomic mass is 16.2. The Bertz CT molecular complexity index is 1020. The van der Waals surface area contributed by atoms with Crippen molar-refractivity contribution in [2.75, 3.05) is 31.1 Å². The minimum atomic E-state index is 0.0309. The summed E-state index contributed by atoms with van der Waals surface area (Å²) >= 11 is 0. The molecule has 0 bridgehead atoms. The van der Waals surface area contributed by atoms with Crippen molar-refractivity contribution in [1.82, 2.24) is 24.6 Å². The number of hydrogen-bond acceptors (Lipinski definition) is 5. The van der Waals surface area contributed by atoms with Crippen LogP contribution in [-0.2, 0) is 4.79 Å². The number of benzene rings is 1. The number of fused-ring (bicyclic) bond motifs is 1. The molecule has 4 rings (SSSR count). The predicted octanol–water partition coefficient (Wildman–Crippen LogP) is 3.63. The van der Waals surface area contributed by atoms with Gasteiger partial charge in [-0.25, -0.2) is 14.6 Å². The van der Waals surface area contributed by atoms with Crippen LogP contribution in [0.4, 0.5) is 5.82 Å². The summed E-state index contributed by atoms with van der Waals surface area (Å²) in [6, 6.07) is 10.1. The second-order valence-electron chi connectivity index (χ2n) is 8.31. The molecule has 1 unspecified atom stereocenters. The maximum atomic E-state index is 12.4. The second-order valence-corrected chi connectivity index (χ2v) is 8.31. The third-order valence-electron chi connectivity index (χ3n) is 5.86. The number of aromatic nitrogens is 4. The van der Waals surface area contributed by atoms with Crippen LogP contribution in [0, 0.1) is 5.92 Å². The molecule has 0 saturated carbocycles. The van der Waals surface area contributed by atoms with Crippen molar-refractivity contribution >= 4 is 22.8 Å². The number of carbonyl (C=O) groups is 1. The normalized spacial score (nSPS) is 15.8. The zero-order valence-electron chi connectivity index (χ0n) is 18.2. The zero-order valence-corrected chi connectivity index (χ0v) is 18.2. The van der Waals surface area contributed by atoms with Crippen LogP contribution in [0.1, 0.15) is 45.9 Å². The SMILES string of the molecule is CCC(C)c1nc(N2CCN(C(=O)C(C)C)CC2)c2cnn(-c3ccccc3)c2n1. The van der Waals surface area contributed by atoms with Crippen LogP contribution in [0.2, 0.25) is 0 Å². The Morgan fingerprint density at radius 1 is 1.03 bits per heavy atom. The van der Waals surface area contributed by atoms with E-state index in [1.54, 1.807) is 0 Å². The molecule has 2 aromatic heterocycles. The second kappa shape index (κ2) is 8.42. The third-order valence-corrected chi connectivity index (χ3v) is 5.86. The van der Waals surface area contributed by atoms with E-state index >= 15 is 0 Å². The average Bonchev–Trinajstić information content (AvgIpc) is 3.22. The standard InChI is InChI=1S/C23H30N6O/c1-5-17(4)20-25-21(27-11-13-28(14-12-27)23(30)16(2)3)19-15-24-29(22(19)26-20)18-9-7-6-8-10-18/h6-10,15-17H,5,11-14H2,1-4H3. The Morgan fingerprint density at radius 3 is 2.37 bits per heavy atom. The lowest BCUT2D eigenvalue weighted by atomic mass is 10.1. The van der Waals surface area contributed by atoms with Crippen molar-refractivity contribution in [2.24, 2.45) is 5.92 Å². The van der Waals surface area contributed by atoms with E-state index in [1.807, 2.05) is 60.0 Å². The predicted molar refractivity (Wildman–Crippen MR) is 119 cm³/mol. The van der Waals surface area contributed by atoms with Gasteiger partial charge in [-0.15, -0.1) is 0 Å². The first-order valence-corrected chi connectivity index (χ1v) is 10.8. The molecule has 0 N–H and O–H groups in total. The van der Waals surface area contributed by atoms with E-state index in [0.717, 1.165) is 47.9 Å². The lowest BCUT2D eigenvalue weighted by Gasteiger charge is -2.36. The van der Waals surface area contributed by atoms with E-state index in [-0.39, 0.29) is 17.7 Å². The van der Waals surface area contributed by atoms with Crippen LogP contribution >= 0.6 is 0 Å². The minimum absolute atomic E-state index is 0.0309. The van der Waals surface area contributed by atoms with Gasteiger partial charge >= 0.3 is 0 Å². The van der Waals surface area contributed by atoms with Gasteiger partial charge in [0.15, 0.2) is 5.65 Å². The summed E-state index contributed by atoms with van der Waals surface area (Å²) in [5, 5.41) is 5.59. The van der Waals surface area contributed by atoms with Gasteiger partial charge in [0.25, 0.3) is 0 Å². The van der Waals surface area contributed by atoms with Crippen LogP contribution in [0.15, 0.2) is 36.5 Å². The molecule has 7 heteroatoms. The van der Waals surface area contributed by atoms with E-state index in [9.17, 15) is 4.79 Å². The van der Waals surface area contributed by atoms with Crippen molar-refractivity contribution in [1.29, 1.82) is 0 Å². The molecule has 1 amide bonds. The van der Waals surface area contributed by atoms with Crippen molar-refractivity contribution in [3.05, 3.63) is 42.4 Å². The maximum absolute atomic E-state index is 12.4. The number of hydrogen-bond donors (Lipinski definition) is 0. The molecule has 1 atom stereocenters. The topological polar surface area (TPSA) is 67.2 Å². The van der Waals surface area contributed by atoms with Gasteiger partial charge in [-0.3, -0.25) is 4.79 Å². The Labute approximate surface area is 177 Å². The fraction of sp³-hybridized carbons (Fsp3) is 0.478. The molecule has 0 spiro atoms. The summed E-state index contributed by atoms with van der Waals surface area (Å²) in [7, 11) is 0. The Hall–Kier alpha value is -2.96. The summed E-state index contributed by atoms with van der Waals surface area (Å²) < 4.78 is 1.89. The van der Waals surface area contributed by atoms with Gasteiger partial charge < -0.3 is 9.80 Å². The number of piperazine rings is 1. The number of para-hydroxylation sites is 1. The lowest BCUT2D eigenvalue weighted by molar-refractivity contribution is -0.134. The molecule has 3 heterocycles. The van der Waals surface area contributed by atoms with Crippen molar-refractivity contribution in [2.45, 2.75) is 40.0 Å². The van der Waals surface area contributed by atoms with Gasteiger partial charge in [0.2, 0.25) is 5.91 Å². The van der Waals surface area contributed by atoms with Crippen LogP contribution in [0.3, 0.4) is 0 Å². The van der Waals surface area contributed by atoms with E-state index in [4.69, 9.17) is 9.97 Å². The highest BCUT2D eigenvalue weighted by molar-refractivity contribution is 5.88. The van der Waals surface area contributed by atoms with Gasteiger partial charge in [-0.2, -0.15) is 5.10 Å². The molecule has 7 nitrogen and oxygen atoms in total. The van der Waals surface area contributed by atoms with Crippen molar-refractivity contribution in [3.63, 3.8) is 0 Å².